The molecule has 5 nitrogen and oxygen atoms in total. The van der Waals surface area contributed by atoms with Gasteiger partial charge in [-0.2, -0.15) is 0 Å². The van der Waals surface area contributed by atoms with Crippen molar-refractivity contribution in [2.75, 3.05) is 6.67 Å². The molecule has 0 unspecified atom stereocenters. The van der Waals surface area contributed by atoms with Crippen molar-refractivity contribution in [1.29, 1.82) is 0 Å². The predicted molar refractivity (Wildman–Crippen MR) is 95.6 cm³/mol. The van der Waals surface area contributed by atoms with E-state index in [1.807, 2.05) is 0 Å². The van der Waals surface area contributed by atoms with Gasteiger partial charge in [-0.15, -0.1) is 0 Å². The molecule has 2 saturated carbocycles. The monoisotopic (exact) mass is 359 g/mol. The minimum atomic E-state index is -0.686. The molecule has 1 saturated heterocycles. The van der Waals surface area contributed by atoms with Gasteiger partial charge in [0.25, 0.3) is 5.91 Å². The quantitative estimate of drug-likeness (QED) is 0.821. The summed E-state index contributed by atoms with van der Waals surface area (Å²) in [5, 5.41) is 2.99. The van der Waals surface area contributed by atoms with Crippen LogP contribution in [0.2, 0.25) is 0 Å². The van der Waals surface area contributed by atoms with Crippen molar-refractivity contribution in [3.63, 3.8) is 0 Å². The second-order valence-electron chi connectivity index (χ2n) is 8.17. The van der Waals surface area contributed by atoms with Crippen molar-refractivity contribution in [3.8, 4) is 0 Å². The first-order valence-electron chi connectivity index (χ1n) is 9.59. The lowest BCUT2D eigenvalue weighted by Gasteiger charge is -2.34. The van der Waals surface area contributed by atoms with Crippen LogP contribution in [0, 0.1) is 11.7 Å². The van der Waals surface area contributed by atoms with Crippen LogP contribution in [0.25, 0.3) is 0 Å². The summed E-state index contributed by atoms with van der Waals surface area (Å²) in [6.07, 6.45) is 5.57. The van der Waals surface area contributed by atoms with Gasteiger partial charge in [0.1, 0.15) is 11.4 Å². The molecule has 0 bridgehead atoms. The van der Waals surface area contributed by atoms with E-state index < -0.39 is 5.54 Å². The molecule has 6 heteroatoms. The highest BCUT2D eigenvalue weighted by molar-refractivity contribution is 6.07. The van der Waals surface area contributed by atoms with Gasteiger partial charge in [-0.1, -0.05) is 19.1 Å². The number of carbonyl (C=O) groups excluding carboxylic acids is 2. The lowest BCUT2D eigenvalue weighted by Crippen LogP contribution is -2.50. The van der Waals surface area contributed by atoms with Crippen LogP contribution in [-0.2, 0) is 11.3 Å². The zero-order valence-electron chi connectivity index (χ0n) is 15.2. The molecule has 3 aliphatic rings. The number of nitrogens with zero attached hydrogens (tertiary/aromatic N) is 2. The molecule has 0 aromatic heterocycles. The van der Waals surface area contributed by atoms with E-state index in [4.69, 9.17) is 0 Å². The summed E-state index contributed by atoms with van der Waals surface area (Å²) in [5.41, 5.74) is 0.306. The van der Waals surface area contributed by atoms with Crippen molar-refractivity contribution >= 4 is 11.9 Å². The number of hydrogen-bond acceptors (Lipinski definition) is 3. The van der Waals surface area contributed by atoms with Gasteiger partial charge < -0.3 is 5.32 Å². The van der Waals surface area contributed by atoms with Crippen LogP contribution < -0.4 is 5.32 Å². The van der Waals surface area contributed by atoms with Gasteiger partial charge in [0.15, 0.2) is 0 Å². The molecule has 1 spiro atoms. The Bertz CT molecular complexity index is 694. The van der Waals surface area contributed by atoms with E-state index in [0.29, 0.717) is 25.2 Å². The molecular weight excluding hydrogens is 333 g/mol. The second kappa shape index (κ2) is 6.65. The number of carbonyl (C=O) groups is 2. The van der Waals surface area contributed by atoms with E-state index in [1.54, 1.807) is 12.1 Å². The summed E-state index contributed by atoms with van der Waals surface area (Å²) in [5.74, 6) is 0.286. The number of rotatable bonds is 5. The SMILES string of the molecule is CC1CCC2(CC1)NC(=O)N(CN(Cc1ccc(F)cc1)C1CC1)C2=O. The Kier molecular flexibility index (Phi) is 4.47. The number of imide groups is 1. The van der Waals surface area contributed by atoms with E-state index in [9.17, 15) is 14.0 Å². The van der Waals surface area contributed by atoms with E-state index in [0.717, 1.165) is 44.1 Å². The van der Waals surface area contributed by atoms with Gasteiger partial charge in [0, 0.05) is 12.6 Å². The molecule has 1 N–H and O–H groups in total. The first kappa shape index (κ1) is 17.5. The van der Waals surface area contributed by atoms with Gasteiger partial charge in [0.2, 0.25) is 0 Å². The standard InChI is InChI=1S/C20H26FN3O2/c1-14-8-10-20(11-9-14)18(25)24(19(26)22-20)13-23(17-6-7-17)12-15-2-4-16(21)5-3-15/h2-5,14,17H,6-13H2,1H3,(H,22,26). The van der Waals surface area contributed by atoms with E-state index >= 15 is 0 Å². The van der Waals surface area contributed by atoms with E-state index in [2.05, 4.69) is 17.1 Å². The van der Waals surface area contributed by atoms with Crippen molar-refractivity contribution in [3.05, 3.63) is 35.6 Å². The second-order valence-corrected chi connectivity index (χ2v) is 8.17. The van der Waals surface area contributed by atoms with Crippen molar-refractivity contribution in [2.45, 2.75) is 63.6 Å². The third-order valence-electron chi connectivity index (χ3n) is 6.06. The Balaban J connectivity index is 1.46. The zero-order valence-corrected chi connectivity index (χ0v) is 15.2. The number of benzene rings is 1. The van der Waals surface area contributed by atoms with E-state index in [1.165, 1.54) is 17.0 Å². The third-order valence-corrected chi connectivity index (χ3v) is 6.06. The molecular formula is C20H26FN3O2. The largest absolute Gasteiger partial charge is 0.326 e. The van der Waals surface area contributed by atoms with Crippen LogP contribution in [-0.4, -0.2) is 40.0 Å². The normalized spacial score (nSPS) is 28.9. The molecule has 1 heterocycles. The molecule has 1 aliphatic heterocycles. The minimum Gasteiger partial charge on any atom is -0.323 e. The number of halogens is 1. The van der Waals surface area contributed by atoms with Crippen LogP contribution in [0.15, 0.2) is 24.3 Å². The molecule has 3 fully saturated rings. The summed E-state index contributed by atoms with van der Waals surface area (Å²) in [6, 6.07) is 6.55. The smallest absolute Gasteiger partial charge is 0.323 e. The maximum atomic E-state index is 13.1. The molecule has 1 aromatic carbocycles. The summed E-state index contributed by atoms with van der Waals surface area (Å²) >= 11 is 0. The Hall–Kier alpha value is -1.95. The molecule has 3 amide bonds. The average molecular weight is 359 g/mol. The highest BCUT2D eigenvalue weighted by Gasteiger charge is 2.52. The van der Waals surface area contributed by atoms with Crippen LogP contribution in [0.5, 0.6) is 0 Å². The zero-order chi connectivity index (χ0) is 18.3. The summed E-state index contributed by atoms with van der Waals surface area (Å²) in [4.78, 5) is 29.1. The fourth-order valence-corrected chi connectivity index (χ4v) is 4.14. The topological polar surface area (TPSA) is 52.7 Å². The Morgan fingerprint density at radius 2 is 1.81 bits per heavy atom. The maximum Gasteiger partial charge on any atom is 0.326 e. The molecule has 4 rings (SSSR count). The summed E-state index contributed by atoms with van der Waals surface area (Å²) in [6.45, 7) is 3.12. The average Bonchev–Trinajstić information content (AvgIpc) is 3.43. The number of nitrogens with one attached hydrogen (secondary N) is 1. The van der Waals surface area contributed by atoms with E-state index in [-0.39, 0.29) is 17.8 Å². The Labute approximate surface area is 153 Å². The van der Waals surface area contributed by atoms with Gasteiger partial charge in [0.05, 0.1) is 6.67 Å². The van der Waals surface area contributed by atoms with Crippen LogP contribution >= 0.6 is 0 Å². The third kappa shape index (κ3) is 3.34. The van der Waals surface area contributed by atoms with Crippen LogP contribution in [0.1, 0.15) is 51.0 Å². The summed E-state index contributed by atoms with van der Waals surface area (Å²) in [7, 11) is 0. The van der Waals surface area contributed by atoms with Crippen LogP contribution in [0.4, 0.5) is 9.18 Å². The highest BCUT2D eigenvalue weighted by atomic mass is 19.1. The fraction of sp³-hybridized carbons (Fsp3) is 0.600. The number of urea groups is 1. The predicted octanol–water partition coefficient (Wildman–Crippen LogP) is 3.25. The Morgan fingerprint density at radius 3 is 2.42 bits per heavy atom. The molecule has 140 valence electrons. The Morgan fingerprint density at radius 1 is 1.15 bits per heavy atom. The lowest BCUT2D eigenvalue weighted by atomic mass is 9.77. The van der Waals surface area contributed by atoms with Crippen molar-refractivity contribution < 1.29 is 14.0 Å². The number of amides is 3. The number of hydrogen-bond donors (Lipinski definition) is 1. The van der Waals surface area contributed by atoms with Gasteiger partial charge in [-0.05, 0) is 62.1 Å². The van der Waals surface area contributed by atoms with Crippen LogP contribution in [0.3, 0.4) is 0 Å². The van der Waals surface area contributed by atoms with Gasteiger partial charge in [-0.25, -0.2) is 14.1 Å². The van der Waals surface area contributed by atoms with Crippen molar-refractivity contribution in [2.24, 2.45) is 5.92 Å². The van der Waals surface area contributed by atoms with Gasteiger partial charge >= 0.3 is 6.03 Å². The maximum absolute atomic E-state index is 13.1. The first-order valence-corrected chi connectivity index (χ1v) is 9.59. The molecule has 2 aliphatic carbocycles. The minimum absolute atomic E-state index is 0.0702. The van der Waals surface area contributed by atoms with Gasteiger partial charge in [-0.3, -0.25) is 9.69 Å². The van der Waals surface area contributed by atoms with Crippen molar-refractivity contribution in [1.82, 2.24) is 15.1 Å². The molecule has 0 atom stereocenters. The first-order chi connectivity index (χ1) is 12.5. The highest BCUT2D eigenvalue weighted by Crippen LogP contribution is 2.37. The lowest BCUT2D eigenvalue weighted by molar-refractivity contribution is -0.134. The summed E-state index contributed by atoms with van der Waals surface area (Å²) < 4.78 is 13.1. The fourth-order valence-electron chi connectivity index (χ4n) is 4.14. The molecule has 1 aromatic rings. The molecule has 26 heavy (non-hydrogen) atoms. The molecule has 0 radical (unpaired) electrons.